The fraction of sp³-hybridized carbons (Fsp3) is 0.316. The summed E-state index contributed by atoms with van der Waals surface area (Å²) in [5, 5.41) is 2.62. The van der Waals surface area contributed by atoms with Gasteiger partial charge in [-0.25, -0.2) is 8.78 Å². The quantitative estimate of drug-likeness (QED) is 0.619. The number of pyridine rings is 1. The molecule has 1 unspecified atom stereocenters. The molecule has 0 aliphatic heterocycles. The molecule has 2 aromatic rings. The van der Waals surface area contributed by atoms with E-state index in [2.05, 4.69) is 10.3 Å². The van der Waals surface area contributed by atoms with Gasteiger partial charge in [-0.3, -0.25) is 14.6 Å². The third-order valence-electron chi connectivity index (χ3n) is 3.84. The molecule has 0 aliphatic rings. The zero-order chi connectivity index (χ0) is 19.6. The first-order chi connectivity index (χ1) is 13.0. The topological polar surface area (TPSA) is 94.3 Å². The lowest BCUT2D eigenvalue weighted by molar-refractivity contribution is -0.123. The third-order valence-corrected chi connectivity index (χ3v) is 3.84. The van der Waals surface area contributed by atoms with Crippen molar-refractivity contribution >= 4 is 11.7 Å². The fourth-order valence-corrected chi connectivity index (χ4v) is 2.41. The van der Waals surface area contributed by atoms with Gasteiger partial charge in [0.2, 0.25) is 0 Å². The van der Waals surface area contributed by atoms with Crippen molar-refractivity contribution in [2.45, 2.75) is 25.3 Å². The van der Waals surface area contributed by atoms with Gasteiger partial charge in [0.1, 0.15) is 6.61 Å². The number of para-hydroxylation sites is 1. The van der Waals surface area contributed by atoms with Crippen LogP contribution in [0.1, 0.15) is 29.6 Å². The summed E-state index contributed by atoms with van der Waals surface area (Å²) in [6, 6.07) is 5.57. The Morgan fingerprint density at radius 3 is 2.52 bits per heavy atom. The van der Waals surface area contributed by atoms with Crippen LogP contribution in [0.5, 0.6) is 5.75 Å². The first kappa shape index (κ1) is 20.4. The van der Waals surface area contributed by atoms with Gasteiger partial charge in [-0.1, -0.05) is 6.07 Å². The van der Waals surface area contributed by atoms with E-state index in [-0.39, 0.29) is 0 Å². The highest BCUT2D eigenvalue weighted by Crippen LogP contribution is 2.21. The molecule has 1 amide bonds. The monoisotopic (exact) mass is 377 g/mol. The number of unbranched alkanes of at least 4 members (excludes halogenated alkanes) is 1. The van der Waals surface area contributed by atoms with Gasteiger partial charge in [0.15, 0.2) is 23.2 Å². The number of ketones is 1. The Hall–Kier alpha value is -2.87. The van der Waals surface area contributed by atoms with Gasteiger partial charge >= 0.3 is 0 Å². The van der Waals surface area contributed by atoms with Crippen molar-refractivity contribution in [3.05, 3.63) is 59.9 Å². The molecule has 0 saturated carbocycles. The van der Waals surface area contributed by atoms with Crippen LogP contribution >= 0.6 is 0 Å². The Kier molecular flexibility index (Phi) is 7.81. The SMILES string of the molecule is NCCCCC(NC(=O)c1cccnc1)C(=O)COc1c(F)cccc1F. The number of ether oxygens (including phenoxy) is 1. The van der Waals surface area contributed by atoms with E-state index < -0.39 is 41.7 Å². The molecule has 8 heteroatoms. The van der Waals surface area contributed by atoms with E-state index >= 15 is 0 Å². The van der Waals surface area contributed by atoms with E-state index in [4.69, 9.17) is 10.5 Å². The van der Waals surface area contributed by atoms with Crippen LogP contribution in [0.4, 0.5) is 8.78 Å². The number of nitrogens with zero attached hydrogens (tertiary/aromatic N) is 1. The predicted octanol–water partition coefficient (Wildman–Crippen LogP) is 2.24. The minimum Gasteiger partial charge on any atom is -0.480 e. The van der Waals surface area contributed by atoms with E-state index in [1.807, 2.05) is 0 Å². The van der Waals surface area contributed by atoms with E-state index in [1.165, 1.54) is 18.5 Å². The standard InChI is InChI=1S/C19H21F2N3O3/c20-14-6-3-7-15(21)18(14)27-12-17(25)16(8-1-2-9-22)24-19(26)13-5-4-10-23-11-13/h3-7,10-11,16H,1-2,8-9,12,22H2,(H,24,26). The number of hydrogen-bond donors (Lipinski definition) is 2. The number of hydrogen-bond acceptors (Lipinski definition) is 5. The molecule has 1 aromatic heterocycles. The highest BCUT2D eigenvalue weighted by atomic mass is 19.1. The summed E-state index contributed by atoms with van der Waals surface area (Å²) >= 11 is 0. The summed E-state index contributed by atoms with van der Waals surface area (Å²) in [6.07, 6.45) is 4.52. The largest absolute Gasteiger partial charge is 0.480 e. The summed E-state index contributed by atoms with van der Waals surface area (Å²) in [5.41, 5.74) is 5.76. The molecule has 144 valence electrons. The molecule has 27 heavy (non-hydrogen) atoms. The predicted molar refractivity (Wildman–Crippen MR) is 95.3 cm³/mol. The number of halogens is 2. The number of carbonyl (C=O) groups excluding carboxylic acids is 2. The zero-order valence-corrected chi connectivity index (χ0v) is 14.7. The molecule has 2 rings (SSSR count). The third kappa shape index (κ3) is 6.10. The summed E-state index contributed by atoms with van der Waals surface area (Å²) in [7, 11) is 0. The Morgan fingerprint density at radius 1 is 1.15 bits per heavy atom. The molecule has 0 bridgehead atoms. The molecular formula is C19H21F2N3O3. The van der Waals surface area contributed by atoms with Gasteiger partial charge in [-0.05, 0) is 50.1 Å². The van der Waals surface area contributed by atoms with Crippen LogP contribution in [0.2, 0.25) is 0 Å². The fourth-order valence-electron chi connectivity index (χ4n) is 2.41. The van der Waals surface area contributed by atoms with Gasteiger partial charge in [0.25, 0.3) is 5.91 Å². The molecule has 1 atom stereocenters. The first-order valence-electron chi connectivity index (χ1n) is 8.53. The second-order valence-electron chi connectivity index (χ2n) is 5.86. The van der Waals surface area contributed by atoms with Crippen molar-refractivity contribution in [2.24, 2.45) is 5.73 Å². The van der Waals surface area contributed by atoms with Crippen molar-refractivity contribution in [3.63, 3.8) is 0 Å². The van der Waals surface area contributed by atoms with Gasteiger partial charge in [0.05, 0.1) is 11.6 Å². The highest BCUT2D eigenvalue weighted by molar-refractivity contribution is 5.98. The minimum absolute atomic E-state index is 0.301. The second-order valence-corrected chi connectivity index (χ2v) is 5.86. The summed E-state index contributed by atoms with van der Waals surface area (Å²) < 4.78 is 32.2. The number of aromatic nitrogens is 1. The Labute approximate surface area is 155 Å². The number of Topliss-reactive ketones (excluding diaryl/α,β-unsaturated/α-hetero) is 1. The van der Waals surface area contributed by atoms with E-state index in [0.29, 0.717) is 31.4 Å². The van der Waals surface area contributed by atoms with Gasteiger partial charge in [-0.2, -0.15) is 0 Å². The molecular weight excluding hydrogens is 356 g/mol. The van der Waals surface area contributed by atoms with Crippen LogP contribution in [0.3, 0.4) is 0 Å². The van der Waals surface area contributed by atoms with Gasteiger partial charge in [-0.15, -0.1) is 0 Å². The van der Waals surface area contributed by atoms with Crippen LogP contribution in [0, 0.1) is 11.6 Å². The van der Waals surface area contributed by atoms with Gasteiger partial charge in [0, 0.05) is 12.4 Å². The molecule has 1 heterocycles. The van der Waals surface area contributed by atoms with Crippen molar-refractivity contribution in [2.75, 3.05) is 13.2 Å². The van der Waals surface area contributed by atoms with Crippen molar-refractivity contribution in [1.82, 2.24) is 10.3 Å². The molecule has 1 aromatic carbocycles. The Morgan fingerprint density at radius 2 is 1.89 bits per heavy atom. The van der Waals surface area contributed by atoms with Crippen LogP contribution in [-0.4, -0.2) is 35.9 Å². The molecule has 0 saturated heterocycles. The van der Waals surface area contributed by atoms with Crippen LogP contribution in [-0.2, 0) is 4.79 Å². The minimum atomic E-state index is -0.901. The average molecular weight is 377 g/mol. The van der Waals surface area contributed by atoms with Crippen molar-refractivity contribution < 1.29 is 23.1 Å². The lowest BCUT2D eigenvalue weighted by Gasteiger charge is -2.18. The number of amides is 1. The maximum Gasteiger partial charge on any atom is 0.253 e. The smallest absolute Gasteiger partial charge is 0.253 e. The average Bonchev–Trinajstić information content (AvgIpc) is 2.67. The summed E-state index contributed by atoms with van der Waals surface area (Å²) in [4.78, 5) is 28.6. The number of carbonyl (C=O) groups is 2. The molecule has 0 radical (unpaired) electrons. The first-order valence-corrected chi connectivity index (χ1v) is 8.53. The van der Waals surface area contributed by atoms with E-state index in [1.54, 1.807) is 12.1 Å². The Balaban J connectivity index is 2.03. The van der Waals surface area contributed by atoms with Crippen molar-refractivity contribution in [1.29, 1.82) is 0 Å². The van der Waals surface area contributed by atoms with Crippen LogP contribution in [0.15, 0.2) is 42.7 Å². The lowest BCUT2D eigenvalue weighted by Crippen LogP contribution is -2.43. The highest BCUT2D eigenvalue weighted by Gasteiger charge is 2.22. The maximum atomic E-state index is 13.6. The molecule has 0 fully saturated rings. The van der Waals surface area contributed by atoms with Gasteiger partial charge < -0.3 is 15.8 Å². The lowest BCUT2D eigenvalue weighted by atomic mass is 10.0. The van der Waals surface area contributed by atoms with Crippen LogP contribution in [0.25, 0.3) is 0 Å². The van der Waals surface area contributed by atoms with Crippen LogP contribution < -0.4 is 15.8 Å². The van der Waals surface area contributed by atoms with Crippen molar-refractivity contribution in [3.8, 4) is 5.75 Å². The summed E-state index contributed by atoms with van der Waals surface area (Å²) in [6.45, 7) is -0.118. The second kappa shape index (κ2) is 10.3. The number of nitrogens with one attached hydrogen (secondary N) is 1. The molecule has 0 aliphatic carbocycles. The molecule has 0 spiro atoms. The number of nitrogens with two attached hydrogens (primary N) is 1. The number of benzene rings is 1. The van der Waals surface area contributed by atoms with E-state index in [9.17, 15) is 18.4 Å². The molecule has 3 N–H and O–H groups in total. The Bertz CT molecular complexity index is 752. The summed E-state index contributed by atoms with van der Waals surface area (Å²) in [5.74, 6) is -3.38. The maximum absolute atomic E-state index is 13.6. The van der Waals surface area contributed by atoms with E-state index in [0.717, 1.165) is 12.1 Å². The number of rotatable bonds is 10. The normalized spacial score (nSPS) is 11.7. The molecule has 6 nitrogen and oxygen atoms in total. The zero-order valence-electron chi connectivity index (χ0n) is 14.7.